The van der Waals surface area contributed by atoms with E-state index >= 15 is 0 Å². The van der Waals surface area contributed by atoms with Crippen molar-refractivity contribution in [3.8, 4) is 11.3 Å². The van der Waals surface area contributed by atoms with Crippen molar-refractivity contribution >= 4 is 29.4 Å². The molecule has 1 fully saturated rings. The summed E-state index contributed by atoms with van der Waals surface area (Å²) in [4.78, 5) is 43.4. The van der Waals surface area contributed by atoms with Gasteiger partial charge < -0.3 is 20.3 Å². The predicted molar refractivity (Wildman–Crippen MR) is 127 cm³/mol. The van der Waals surface area contributed by atoms with Crippen LogP contribution in [0.15, 0.2) is 48.8 Å². The summed E-state index contributed by atoms with van der Waals surface area (Å²) in [7, 11) is 1.36. The van der Waals surface area contributed by atoms with Gasteiger partial charge in [-0.2, -0.15) is 4.98 Å². The van der Waals surface area contributed by atoms with Gasteiger partial charge >= 0.3 is 6.03 Å². The maximum absolute atomic E-state index is 12.7. The third-order valence-corrected chi connectivity index (χ3v) is 6.10. The summed E-state index contributed by atoms with van der Waals surface area (Å²) in [6, 6.07) is 10.2. The summed E-state index contributed by atoms with van der Waals surface area (Å²) in [5, 5.41) is 0. The molecule has 3 amide bonds. The number of carbonyl (C=O) groups is 2. The second kappa shape index (κ2) is 9.06. The normalized spacial score (nSPS) is 15.2. The number of nitrogens with zero attached hydrogens (tertiary/aromatic N) is 6. The zero-order valence-electron chi connectivity index (χ0n) is 18.8. The third-order valence-electron chi connectivity index (χ3n) is 6.10. The van der Waals surface area contributed by atoms with Gasteiger partial charge in [-0.05, 0) is 30.7 Å². The molecule has 0 saturated carbocycles. The summed E-state index contributed by atoms with van der Waals surface area (Å²) in [5.41, 5.74) is 9.24. The maximum atomic E-state index is 12.7. The van der Waals surface area contributed by atoms with E-state index in [4.69, 9.17) is 20.4 Å². The number of ether oxygens (including phenoxy) is 1. The second-order valence-electron chi connectivity index (χ2n) is 8.16. The Morgan fingerprint density at radius 1 is 1.06 bits per heavy atom. The first-order valence-electron chi connectivity index (χ1n) is 11.1. The lowest BCUT2D eigenvalue weighted by Gasteiger charge is -2.28. The zero-order valence-corrected chi connectivity index (χ0v) is 18.8. The quantitative estimate of drug-likeness (QED) is 0.631. The number of hydrogen-bond acceptors (Lipinski definition) is 8. The van der Waals surface area contributed by atoms with Crippen LogP contribution in [-0.2, 0) is 11.2 Å². The molecule has 2 aliphatic heterocycles. The smallest absolute Gasteiger partial charge is 0.321 e. The van der Waals surface area contributed by atoms with Gasteiger partial charge in [-0.3, -0.25) is 14.7 Å². The van der Waals surface area contributed by atoms with Crippen LogP contribution in [0.4, 0.5) is 22.2 Å². The van der Waals surface area contributed by atoms with Crippen molar-refractivity contribution in [2.75, 3.05) is 49.7 Å². The molecule has 0 bridgehead atoms. The number of fused-ring (bicyclic) bond motifs is 1. The molecular weight excluding hydrogens is 434 g/mol. The Hall–Kier alpha value is -4.05. The molecule has 2 aromatic heterocycles. The zero-order chi connectivity index (χ0) is 23.7. The van der Waals surface area contributed by atoms with Crippen molar-refractivity contribution in [2.45, 2.75) is 6.42 Å². The first-order valence-corrected chi connectivity index (χ1v) is 11.1. The van der Waals surface area contributed by atoms with Crippen LogP contribution in [0.5, 0.6) is 0 Å². The molecular formula is C24H25N7O3. The van der Waals surface area contributed by atoms with Gasteiger partial charge in [-0.15, -0.1) is 0 Å². The molecule has 34 heavy (non-hydrogen) atoms. The molecule has 0 unspecified atom stereocenters. The van der Waals surface area contributed by atoms with Crippen molar-refractivity contribution in [1.82, 2.24) is 19.9 Å². The highest BCUT2D eigenvalue weighted by Gasteiger charge is 2.29. The fourth-order valence-corrected chi connectivity index (χ4v) is 4.26. The Bertz CT molecular complexity index is 1230. The molecule has 10 nitrogen and oxygen atoms in total. The molecule has 0 aliphatic carbocycles. The molecule has 1 aromatic carbocycles. The van der Waals surface area contributed by atoms with E-state index in [1.807, 2.05) is 18.2 Å². The van der Waals surface area contributed by atoms with Gasteiger partial charge in [0.2, 0.25) is 5.95 Å². The molecule has 10 heteroatoms. The molecule has 174 valence electrons. The number of aromatic nitrogens is 3. The Balaban J connectivity index is 1.61. The number of primary amides is 1. The topological polar surface area (TPSA) is 118 Å². The number of carbonyl (C=O) groups excluding carboxylic acids is 2. The van der Waals surface area contributed by atoms with Crippen LogP contribution in [-0.4, -0.2) is 71.7 Å². The lowest BCUT2D eigenvalue weighted by molar-refractivity contribution is 0.0838. The molecule has 4 heterocycles. The summed E-state index contributed by atoms with van der Waals surface area (Å²) in [5.74, 6) is 1.01. The number of hydrogen-bond donors (Lipinski definition) is 1. The van der Waals surface area contributed by atoms with Crippen molar-refractivity contribution in [1.29, 1.82) is 0 Å². The highest BCUT2D eigenvalue weighted by Crippen LogP contribution is 2.39. The van der Waals surface area contributed by atoms with Crippen LogP contribution in [0.3, 0.4) is 0 Å². The van der Waals surface area contributed by atoms with E-state index < -0.39 is 11.9 Å². The first kappa shape index (κ1) is 21.8. The van der Waals surface area contributed by atoms with Crippen molar-refractivity contribution in [3.05, 3.63) is 59.9 Å². The Kier molecular flexibility index (Phi) is 5.81. The largest absolute Gasteiger partial charge is 0.378 e. The fourth-order valence-electron chi connectivity index (χ4n) is 4.26. The minimum atomic E-state index is -0.805. The third kappa shape index (κ3) is 4.03. The van der Waals surface area contributed by atoms with Gasteiger partial charge in [-0.25, -0.2) is 9.78 Å². The van der Waals surface area contributed by atoms with Crippen LogP contribution in [0.2, 0.25) is 0 Å². The second-order valence-corrected chi connectivity index (χ2v) is 8.16. The molecule has 3 aromatic rings. The standard InChI is InChI=1S/C24H25N7O3/c1-29(23(25)33)22(32)17-4-2-3-16(15-17)20-19-7-10-31(18-5-8-26-9-6-18)21(19)28-24(27-20)30-11-13-34-14-12-30/h2-6,8-9,15H,7,10-14H2,1H3,(H2,25,33). The number of pyridine rings is 1. The average molecular weight is 460 g/mol. The summed E-state index contributed by atoms with van der Waals surface area (Å²) < 4.78 is 5.51. The minimum absolute atomic E-state index is 0.364. The van der Waals surface area contributed by atoms with E-state index in [1.165, 1.54) is 7.05 Å². The summed E-state index contributed by atoms with van der Waals surface area (Å²) >= 11 is 0. The minimum Gasteiger partial charge on any atom is -0.378 e. The lowest BCUT2D eigenvalue weighted by atomic mass is 10.0. The molecule has 0 spiro atoms. The Morgan fingerprint density at radius 3 is 2.56 bits per heavy atom. The number of imide groups is 1. The van der Waals surface area contributed by atoms with E-state index in [2.05, 4.69) is 14.8 Å². The number of nitrogens with two attached hydrogens (primary N) is 1. The summed E-state index contributed by atoms with van der Waals surface area (Å²) in [6.45, 7) is 3.40. The van der Waals surface area contributed by atoms with Crippen LogP contribution in [0.1, 0.15) is 15.9 Å². The Labute approximate surface area is 197 Å². The van der Waals surface area contributed by atoms with Gasteiger partial charge in [0.05, 0.1) is 18.9 Å². The van der Waals surface area contributed by atoms with E-state index in [9.17, 15) is 9.59 Å². The Morgan fingerprint density at radius 2 is 1.82 bits per heavy atom. The van der Waals surface area contributed by atoms with Crippen LogP contribution >= 0.6 is 0 Å². The van der Waals surface area contributed by atoms with Crippen molar-refractivity contribution in [3.63, 3.8) is 0 Å². The van der Waals surface area contributed by atoms with Gasteiger partial charge in [0.15, 0.2) is 0 Å². The molecule has 1 saturated heterocycles. The molecule has 0 radical (unpaired) electrons. The number of anilines is 3. The number of amides is 3. The number of benzene rings is 1. The maximum Gasteiger partial charge on any atom is 0.321 e. The van der Waals surface area contributed by atoms with Gasteiger partial charge in [-0.1, -0.05) is 12.1 Å². The molecule has 5 rings (SSSR count). The van der Waals surface area contributed by atoms with E-state index in [0.717, 1.165) is 46.2 Å². The van der Waals surface area contributed by atoms with Gasteiger partial charge in [0, 0.05) is 61.5 Å². The predicted octanol–water partition coefficient (Wildman–Crippen LogP) is 2.22. The fraction of sp³-hybridized carbons (Fsp3) is 0.292. The lowest BCUT2D eigenvalue weighted by Crippen LogP contribution is -2.37. The highest BCUT2D eigenvalue weighted by atomic mass is 16.5. The first-order chi connectivity index (χ1) is 16.5. The van der Waals surface area contributed by atoms with Gasteiger partial charge in [0.25, 0.3) is 5.91 Å². The average Bonchev–Trinajstić information content (AvgIpc) is 3.32. The number of urea groups is 1. The number of morpholine rings is 1. The van der Waals surface area contributed by atoms with Gasteiger partial charge in [0.1, 0.15) is 5.82 Å². The van der Waals surface area contributed by atoms with E-state index in [0.29, 0.717) is 37.8 Å². The molecule has 2 N–H and O–H groups in total. The van der Waals surface area contributed by atoms with Crippen molar-refractivity contribution in [2.24, 2.45) is 5.73 Å². The van der Waals surface area contributed by atoms with Crippen LogP contribution < -0.4 is 15.5 Å². The van der Waals surface area contributed by atoms with Crippen LogP contribution in [0.25, 0.3) is 11.3 Å². The van der Waals surface area contributed by atoms with Crippen LogP contribution in [0, 0.1) is 0 Å². The van der Waals surface area contributed by atoms with E-state index in [1.54, 1.807) is 30.6 Å². The summed E-state index contributed by atoms with van der Waals surface area (Å²) in [6.07, 6.45) is 4.29. The molecule has 2 aliphatic rings. The highest BCUT2D eigenvalue weighted by molar-refractivity contribution is 6.04. The SMILES string of the molecule is CN(C(N)=O)C(=O)c1cccc(-c2nc(N3CCOCC3)nc3c2CCN3c2ccncc2)c1. The number of rotatable bonds is 4. The van der Waals surface area contributed by atoms with Crippen molar-refractivity contribution < 1.29 is 14.3 Å². The molecule has 0 atom stereocenters. The van der Waals surface area contributed by atoms with E-state index in [-0.39, 0.29) is 0 Å². The monoisotopic (exact) mass is 459 g/mol.